The molecular weight excluding hydrogens is 380 g/mol. The van der Waals surface area contributed by atoms with Gasteiger partial charge in [-0.05, 0) is 31.5 Å². The quantitative estimate of drug-likeness (QED) is 0.864. The minimum atomic E-state index is -0.583. The average Bonchev–Trinajstić information content (AvgIpc) is 3.26. The Labute approximate surface area is 156 Å². The number of amides is 2. The molecule has 2 aromatic rings. The fraction of sp³-hybridized carbons (Fsp3) is 0.353. The van der Waals surface area contributed by atoms with Crippen LogP contribution in [0.25, 0.3) is 11.3 Å². The zero-order valence-electron chi connectivity index (χ0n) is 13.8. The molecule has 2 saturated heterocycles. The normalized spacial score (nSPS) is 24.8. The van der Waals surface area contributed by atoms with Crippen LogP contribution in [0.4, 0.5) is 13.9 Å². The Morgan fingerprint density at radius 1 is 1.42 bits per heavy atom. The number of thioether (sulfide) groups is 1. The van der Waals surface area contributed by atoms with E-state index in [2.05, 4.69) is 10.3 Å². The summed E-state index contributed by atoms with van der Waals surface area (Å²) in [4.78, 5) is 30.3. The summed E-state index contributed by atoms with van der Waals surface area (Å²) in [6.45, 7) is 1.98. The fourth-order valence-corrected chi connectivity index (χ4v) is 5.50. The maximum absolute atomic E-state index is 13.9. The van der Waals surface area contributed by atoms with Gasteiger partial charge in [-0.1, -0.05) is 0 Å². The third kappa shape index (κ3) is 2.88. The molecule has 3 heterocycles. The summed E-state index contributed by atoms with van der Waals surface area (Å²) in [7, 11) is 0. The molecule has 2 aliphatic rings. The van der Waals surface area contributed by atoms with E-state index >= 15 is 0 Å². The molecule has 4 rings (SSSR count). The standard InChI is InChI=1S/C17H15F2N3O2S2/c1-17-5-4-14(23)22(17)13(8-26-17)15(24)21-16-20-12(7-25-16)10-6-9(18)2-3-11(10)19/h2-3,6-7,13H,4-5,8H2,1H3,(H,20,21,24)/t13-,17+/m1/s1. The number of carbonyl (C=O) groups is 2. The number of nitrogens with zero attached hydrogens (tertiary/aromatic N) is 2. The maximum atomic E-state index is 13.9. The van der Waals surface area contributed by atoms with Crippen molar-refractivity contribution in [1.29, 1.82) is 0 Å². The lowest BCUT2D eigenvalue weighted by Crippen LogP contribution is -2.48. The molecule has 136 valence electrons. The van der Waals surface area contributed by atoms with Gasteiger partial charge in [0, 0.05) is 23.1 Å². The third-order valence-corrected chi connectivity index (χ3v) is 6.95. The van der Waals surface area contributed by atoms with Crippen LogP contribution >= 0.6 is 23.1 Å². The molecule has 1 aromatic heterocycles. The van der Waals surface area contributed by atoms with Gasteiger partial charge in [-0.2, -0.15) is 0 Å². The van der Waals surface area contributed by atoms with Gasteiger partial charge < -0.3 is 10.2 Å². The molecule has 26 heavy (non-hydrogen) atoms. The lowest BCUT2D eigenvalue weighted by Gasteiger charge is -2.29. The fourth-order valence-electron chi connectivity index (χ4n) is 3.35. The first-order valence-electron chi connectivity index (χ1n) is 8.05. The van der Waals surface area contributed by atoms with E-state index in [1.807, 2.05) is 6.92 Å². The molecule has 9 heteroatoms. The largest absolute Gasteiger partial charge is 0.315 e. The second-order valence-electron chi connectivity index (χ2n) is 6.42. The highest BCUT2D eigenvalue weighted by molar-refractivity contribution is 8.01. The highest BCUT2D eigenvalue weighted by atomic mass is 32.2. The predicted molar refractivity (Wildman–Crippen MR) is 96.8 cm³/mol. The summed E-state index contributed by atoms with van der Waals surface area (Å²) in [5.41, 5.74) is 0.297. The van der Waals surface area contributed by atoms with Crippen molar-refractivity contribution >= 4 is 40.0 Å². The van der Waals surface area contributed by atoms with E-state index in [-0.39, 0.29) is 27.9 Å². The van der Waals surface area contributed by atoms with Crippen LogP contribution in [0.5, 0.6) is 0 Å². The number of fused-ring (bicyclic) bond motifs is 1. The van der Waals surface area contributed by atoms with Crippen molar-refractivity contribution in [3.05, 3.63) is 35.2 Å². The minimum Gasteiger partial charge on any atom is -0.315 e. The molecule has 0 bridgehead atoms. The molecule has 0 unspecified atom stereocenters. The number of thiazole rings is 1. The van der Waals surface area contributed by atoms with Crippen LogP contribution in [0.1, 0.15) is 19.8 Å². The molecule has 0 spiro atoms. The van der Waals surface area contributed by atoms with Gasteiger partial charge in [-0.15, -0.1) is 23.1 Å². The van der Waals surface area contributed by atoms with E-state index in [0.29, 0.717) is 17.3 Å². The van der Waals surface area contributed by atoms with Crippen molar-refractivity contribution in [2.75, 3.05) is 11.1 Å². The first-order valence-corrected chi connectivity index (χ1v) is 9.92. The van der Waals surface area contributed by atoms with Gasteiger partial charge in [-0.25, -0.2) is 13.8 Å². The number of benzene rings is 1. The first-order chi connectivity index (χ1) is 12.4. The Morgan fingerprint density at radius 3 is 3.04 bits per heavy atom. The van der Waals surface area contributed by atoms with E-state index in [9.17, 15) is 18.4 Å². The van der Waals surface area contributed by atoms with Gasteiger partial charge >= 0.3 is 0 Å². The van der Waals surface area contributed by atoms with Gasteiger partial charge in [0.25, 0.3) is 0 Å². The highest BCUT2D eigenvalue weighted by Crippen LogP contribution is 2.47. The second-order valence-corrected chi connectivity index (χ2v) is 8.78. The van der Waals surface area contributed by atoms with Crippen molar-refractivity contribution < 1.29 is 18.4 Å². The number of carbonyl (C=O) groups excluding carboxylic acids is 2. The predicted octanol–water partition coefficient (Wildman–Crippen LogP) is 3.48. The van der Waals surface area contributed by atoms with Gasteiger partial charge in [0.05, 0.1) is 10.6 Å². The van der Waals surface area contributed by atoms with Crippen LogP contribution in [0.15, 0.2) is 23.6 Å². The number of aromatic nitrogens is 1. The molecule has 2 amide bonds. The Kier molecular flexibility index (Phi) is 4.23. The number of hydrogen-bond acceptors (Lipinski definition) is 5. The molecule has 0 saturated carbocycles. The lowest BCUT2D eigenvalue weighted by molar-refractivity contribution is -0.135. The molecular formula is C17H15F2N3O2S2. The topological polar surface area (TPSA) is 62.3 Å². The summed E-state index contributed by atoms with van der Waals surface area (Å²) in [6.07, 6.45) is 1.19. The summed E-state index contributed by atoms with van der Waals surface area (Å²) in [6, 6.07) is 2.60. The Morgan fingerprint density at radius 2 is 2.23 bits per heavy atom. The van der Waals surface area contributed by atoms with E-state index in [1.54, 1.807) is 22.0 Å². The number of anilines is 1. The van der Waals surface area contributed by atoms with E-state index < -0.39 is 17.7 Å². The van der Waals surface area contributed by atoms with Gasteiger partial charge in [0.15, 0.2) is 5.13 Å². The maximum Gasteiger partial charge on any atom is 0.249 e. The number of rotatable bonds is 3. The van der Waals surface area contributed by atoms with Crippen molar-refractivity contribution in [3.8, 4) is 11.3 Å². The Hall–Kier alpha value is -2.00. The van der Waals surface area contributed by atoms with Crippen molar-refractivity contribution in [1.82, 2.24) is 9.88 Å². The lowest BCUT2D eigenvalue weighted by atomic mass is 10.1. The van der Waals surface area contributed by atoms with Gasteiger partial charge in [-0.3, -0.25) is 9.59 Å². The Balaban J connectivity index is 1.52. The Bertz CT molecular complexity index is 904. The summed E-state index contributed by atoms with van der Waals surface area (Å²) in [5.74, 6) is -0.934. The van der Waals surface area contributed by atoms with Crippen molar-refractivity contribution in [2.45, 2.75) is 30.7 Å². The van der Waals surface area contributed by atoms with Gasteiger partial charge in [0.1, 0.15) is 17.7 Å². The molecule has 5 nitrogen and oxygen atoms in total. The van der Waals surface area contributed by atoms with E-state index in [0.717, 1.165) is 36.0 Å². The smallest absolute Gasteiger partial charge is 0.249 e. The van der Waals surface area contributed by atoms with Crippen LogP contribution in [0.2, 0.25) is 0 Å². The van der Waals surface area contributed by atoms with Crippen molar-refractivity contribution in [2.24, 2.45) is 0 Å². The molecule has 1 N–H and O–H groups in total. The molecule has 1 aromatic carbocycles. The third-order valence-electron chi connectivity index (χ3n) is 4.69. The summed E-state index contributed by atoms with van der Waals surface area (Å²) < 4.78 is 27.2. The highest BCUT2D eigenvalue weighted by Gasteiger charge is 2.52. The monoisotopic (exact) mass is 395 g/mol. The number of nitrogens with one attached hydrogen (secondary N) is 1. The molecule has 0 radical (unpaired) electrons. The molecule has 2 fully saturated rings. The van der Waals surface area contributed by atoms with E-state index in [4.69, 9.17) is 0 Å². The zero-order chi connectivity index (χ0) is 18.5. The summed E-state index contributed by atoms with van der Waals surface area (Å²) >= 11 is 2.74. The zero-order valence-corrected chi connectivity index (χ0v) is 15.4. The van der Waals surface area contributed by atoms with Crippen LogP contribution < -0.4 is 5.32 Å². The first kappa shape index (κ1) is 17.4. The van der Waals surface area contributed by atoms with E-state index in [1.165, 1.54) is 0 Å². The van der Waals surface area contributed by atoms with Crippen molar-refractivity contribution in [3.63, 3.8) is 0 Å². The number of hydrogen-bond donors (Lipinski definition) is 1. The average molecular weight is 395 g/mol. The molecule has 0 aliphatic carbocycles. The minimum absolute atomic E-state index is 0.0145. The summed E-state index contributed by atoms with van der Waals surface area (Å²) in [5, 5.41) is 4.55. The van der Waals surface area contributed by atoms with Crippen LogP contribution in [0, 0.1) is 11.6 Å². The number of halogens is 2. The second kappa shape index (κ2) is 6.31. The molecule has 2 aliphatic heterocycles. The molecule has 2 atom stereocenters. The van der Waals surface area contributed by atoms with Crippen LogP contribution in [-0.2, 0) is 9.59 Å². The van der Waals surface area contributed by atoms with Crippen LogP contribution in [0.3, 0.4) is 0 Å². The van der Waals surface area contributed by atoms with Crippen LogP contribution in [-0.4, -0.2) is 38.4 Å². The SMILES string of the molecule is C[C@]12CCC(=O)N1[C@@H](C(=O)Nc1nc(-c3cc(F)ccc3F)cs1)CS2. The van der Waals surface area contributed by atoms with Gasteiger partial charge in [0.2, 0.25) is 11.8 Å².